The molecule has 1 aromatic rings. The van der Waals surface area contributed by atoms with Crippen LogP contribution in [0.15, 0.2) is 18.2 Å². The Morgan fingerprint density at radius 2 is 1.81 bits per heavy atom. The van der Waals surface area contributed by atoms with Crippen LogP contribution in [-0.2, 0) is 14.4 Å². The number of benzene rings is 1. The molecule has 2 fully saturated rings. The van der Waals surface area contributed by atoms with E-state index in [1.54, 1.807) is 6.07 Å². The van der Waals surface area contributed by atoms with Gasteiger partial charge in [-0.15, -0.1) is 0 Å². The lowest BCUT2D eigenvalue weighted by atomic mass is 9.96. The van der Waals surface area contributed by atoms with Crippen LogP contribution in [0.1, 0.15) is 45.1 Å². The first-order valence-corrected chi connectivity index (χ1v) is 9.86. The molecule has 1 aliphatic carbocycles. The molecule has 1 saturated carbocycles. The van der Waals surface area contributed by atoms with E-state index in [9.17, 15) is 14.4 Å². The summed E-state index contributed by atoms with van der Waals surface area (Å²) in [6.07, 6.45) is 3.63. The topological polar surface area (TPSA) is 78.5 Å². The fourth-order valence-corrected chi connectivity index (χ4v) is 3.34. The molecule has 1 saturated heterocycles. The smallest absolute Gasteiger partial charge is 0.229 e. The second kappa shape index (κ2) is 8.11. The minimum atomic E-state index is -0.185. The van der Waals surface area contributed by atoms with E-state index in [0.29, 0.717) is 17.9 Å². The molecule has 1 atom stereocenters. The van der Waals surface area contributed by atoms with Gasteiger partial charge >= 0.3 is 0 Å². The average Bonchev–Trinajstić information content (AvgIpc) is 3.49. The van der Waals surface area contributed by atoms with Gasteiger partial charge in [0, 0.05) is 36.3 Å². The SMILES string of the molecule is Cc1ccc(NC(=O)C(C)C)cc1NC(=O)C1CCCN(C(=O)C2CC2)C1. The summed E-state index contributed by atoms with van der Waals surface area (Å²) in [5.41, 5.74) is 2.31. The van der Waals surface area contributed by atoms with Gasteiger partial charge in [-0.1, -0.05) is 19.9 Å². The van der Waals surface area contributed by atoms with Crippen LogP contribution in [-0.4, -0.2) is 35.7 Å². The maximum Gasteiger partial charge on any atom is 0.229 e. The molecule has 1 aromatic carbocycles. The van der Waals surface area contributed by atoms with E-state index in [0.717, 1.165) is 37.8 Å². The molecule has 2 aliphatic rings. The van der Waals surface area contributed by atoms with Crippen LogP contribution in [0.25, 0.3) is 0 Å². The van der Waals surface area contributed by atoms with Crippen molar-refractivity contribution in [1.29, 1.82) is 0 Å². The highest BCUT2D eigenvalue weighted by molar-refractivity contribution is 5.96. The third-order valence-corrected chi connectivity index (χ3v) is 5.32. The summed E-state index contributed by atoms with van der Waals surface area (Å²) < 4.78 is 0. The molecule has 1 heterocycles. The van der Waals surface area contributed by atoms with E-state index < -0.39 is 0 Å². The van der Waals surface area contributed by atoms with Crippen LogP contribution >= 0.6 is 0 Å². The number of amides is 3. The Morgan fingerprint density at radius 1 is 1.07 bits per heavy atom. The zero-order chi connectivity index (χ0) is 19.6. The number of carbonyl (C=O) groups excluding carboxylic acids is 3. The Kier molecular flexibility index (Phi) is 5.82. The number of aryl methyl sites for hydroxylation is 1. The number of hydrogen-bond donors (Lipinski definition) is 2. The van der Waals surface area contributed by atoms with Crippen molar-refractivity contribution in [3.8, 4) is 0 Å². The van der Waals surface area contributed by atoms with Crippen LogP contribution in [0.4, 0.5) is 11.4 Å². The zero-order valence-corrected chi connectivity index (χ0v) is 16.4. The quantitative estimate of drug-likeness (QED) is 0.834. The molecular formula is C21H29N3O3. The van der Waals surface area contributed by atoms with Crippen molar-refractivity contribution in [2.45, 2.75) is 46.5 Å². The van der Waals surface area contributed by atoms with Gasteiger partial charge in [0.25, 0.3) is 0 Å². The molecule has 3 rings (SSSR count). The van der Waals surface area contributed by atoms with Crippen LogP contribution in [0, 0.1) is 24.7 Å². The van der Waals surface area contributed by atoms with E-state index in [2.05, 4.69) is 10.6 Å². The second-order valence-corrected chi connectivity index (χ2v) is 8.06. The molecular weight excluding hydrogens is 342 g/mol. The summed E-state index contributed by atoms with van der Waals surface area (Å²) in [7, 11) is 0. The molecule has 3 amide bonds. The van der Waals surface area contributed by atoms with Gasteiger partial charge in [-0.3, -0.25) is 14.4 Å². The van der Waals surface area contributed by atoms with Crippen molar-refractivity contribution in [1.82, 2.24) is 4.90 Å². The summed E-state index contributed by atoms with van der Waals surface area (Å²) in [5, 5.41) is 5.86. The number of rotatable bonds is 5. The van der Waals surface area contributed by atoms with Crippen molar-refractivity contribution >= 4 is 29.1 Å². The number of nitrogens with zero attached hydrogens (tertiary/aromatic N) is 1. The maximum atomic E-state index is 12.8. The van der Waals surface area contributed by atoms with E-state index in [1.807, 2.05) is 37.8 Å². The average molecular weight is 371 g/mol. The first kappa shape index (κ1) is 19.4. The van der Waals surface area contributed by atoms with Crippen molar-refractivity contribution in [3.05, 3.63) is 23.8 Å². The van der Waals surface area contributed by atoms with Crippen LogP contribution in [0.3, 0.4) is 0 Å². The predicted octanol–water partition coefficient (Wildman–Crippen LogP) is 3.18. The molecule has 6 nitrogen and oxygen atoms in total. The summed E-state index contributed by atoms with van der Waals surface area (Å²) >= 11 is 0. The van der Waals surface area contributed by atoms with Gasteiger partial charge in [0.05, 0.1) is 5.92 Å². The third kappa shape index (κ3) is 4.87. The number of nitrogens with one attached hydrogen (secondary N) is 2. The Bertz CT molecular complexity index is 740. The minimum Gasteiger partial charge on any atom is -0.342 e. The van der Waals surface area contributed by atoms with Crippen LogP contribution in [0.5, 0.6) is 0 Å². The zero-order valence-electron chi connectivity index (χ0n) is 16.4. The highest BCUT2D eigenvalue weighted by Gasteiger charge is 2.36. The highest BCUT2D eigenvalue weighted by Crippen LogP contribution is 2.33. The first-order valence-electron chi connectivity index (χ1n) is 9.86. The summed E-state index contributed by atoms with van der Waals surface area (Å²) in [4.78, 5) is 38.8. The van der Waals surface area contributed by atoms with Gasteiger partial charge in [-0.2, -0.15) is 0 Å². The lowest BCUT2D eigenvalue weighted by Crippen LogP contribution is -2.44. The Hall–Kier alpha value is -2.37. The van der Waals surface area contributed by atoms with Crippen LogP contribution in [0.2, 0.25) is 0 Å². The van der Waals surface area contributed by atoms with Gasteiger partial charge in [0.1, 0.15) is 0 Å². The molecule has 27 heavy (non-hydrogen) atoms. The largest absolute Gasteiger partial charge is 0.342 e. The molecule has 0 bridgehead atoms. The van der Waals surface area contributed by atoms with Crippen LogP contribution < -0.4 is 10.6 Å². The molecule has 1 unspecified atom stereocenters. The number of carbonyl (C=O) groups is 3. The van der Waals surface area contributed by atoms with Gasteiger partial charge in [0.15, 0.2) is 0 Å². The molecule has 1 aliphatic heterocycles. The monoisotopic (exact) mass is 371 g/mol. The number of anilines is 2. The maximum absolute atomic E-state index is 12.8. The number of piperidine rings is 1. The summed E-state index contributed by atoms with van der Waals surface area (Å²) in [5.74, 6) is -0.00918. The van der Waals surface area contributed by atoms with Gasteiger partial charge in [-0.05, 0) is 50.3 Å². The third-order valence-electron chi connectivity index (χ3n) is 5.32. The normalized spacial score (nSPS) is 19.7. The first-order chi connectivity index (χ1) is 12.8. The fourth-order valence-electron chi connectivity index (χ4n) is 3.34. The Morgan fingerprint density at radius 3 is 2.48 bits per heavy atom. The van der Waals surface area contributed by atoms with Crippen molar-refractivity contribution in [2.75, 3.05) is 23.7 Å². The lowest BCUT2D eigenvalue weighted by Gasteiger charge is -2.32. The van der Waals surface area contributed by atoms with E-state index >= 15 is 0 Å². The summed E-state index contributed by atoms with van der Waals surface area (Å²) in [6.45, 7) is 6.86. The molecule has 0 spiro atoms. The lowest BCUT2D eigenvalue weighted by molar-refractivity contribution is -0.135. The van der Waals surface area contributed by atoms with E-state index in [4.69, 9.17) is 0 Å². The highest BCUT2D eigenvalue weighted by atomic mass is 16.2. The Balaban J connectivity index is 1.64. The molecule has 146 valence electrons. The minimum absolute atomic E-state index is 0.0567. The standard InChI is InChI=1S/C21H29N3O3/c1-13(2)19(25)22-17-9-6-14(3)18(11-17)23-20(26)16-5-4-10-24(12-16)21(27)15-7-8-15/h6,9,11,13,15-16H,4-5,7-8,10,12H2,1-3H3,(H,22,25)(H,23,26). The predicted molar refractivity (Wildman–Crippen MR) is 105 cm³/mol. The molecule has 2 N–H and O–H groups in total. The van der Waals surface area contributed by atoms with Gasteiger partial charge in [0.2, 0.25) is 17.7 Å². The van der Waals surface area contributed by atoms with E-state index in [1.165, 1.54) is 0 Å². The van der Waals surface area contributed by atoms with Crippen molar-refractivity contribution in [3.63, 3.8) is 0 Å². The summed E-state index contributed by atoms with van der Waals surface area (Å²) in [6, 6.07) is 5.51. The molecule has 0 aromatic heterocycles. The van der Waals surface area contributed by atoms with Crippen molar-refractivity contribution in [2.24, 2.45) is 17.8 Å². The van der Waals surface area contributed by atoms with Gasteiger partial charge < -0.3 is 15.5 Å². The molecule has 0 radical (unpaired) electrons. The van der Waals surface area contributed by atoms with Crippen molar-refractivity contribution < 1.29 is 14.4 Å². The number of hydrogen-bond acceptors (Lipinski definition) is 3. The van der Waals surface area contributed by atoms with Gasteiger partial charge in [-0.25, -0.2) is 0 Å². The Labute approximate surface area is 160 Å². The second-order valence-electron chi connectivity index (χ2n) is 8.06. The number of likely N-dealkylation sites (tertiary alicyclic amines) is 1. The van der Waals surface area contributed by atoms with E-state index in [-0.39, 0.29) is 35.5 Å². The molecule has 6 heteroatoms. The fraction of sp³-hybridized carbons (Fsp3) is 0.571.